The predicted octanol–water partition coefficient (Wildman–Crippen LogP) is 1.80. The number of methoxy groups -OCH3 is 1. The molecule has 3 rings (SSSR count). The number of hydrogen-bond acceptors (Lipinski definition) is 7. The summed E-state index contributed by atoms with van der Waals surface area (Å²) in [6, 6.07) is 11.0. The van der Waals surface area contributed by atoms with Crippen molar-refractivity contribution in [1.82, 2.24) is 5.32 Å². The molecule has 1 amide bonds. The van der Waals surface area contributed by atoms with E-state index in [0.717, 1.165) is 5.56 Å². The predicted molar refractivity (Wildman–Crippen MR) is 112 cm³/mol. The number of aliphatic carboxylic acids is 1. The van der Waals surface area contributed by atoms with E-state index < -0.39 is 30.2 Å². The topological polar surface area (TPSA) is 118 Å². The summed E-state index contributed by atoms with van der Waals surface area (Å²) in [5.41, 5.74) is 1.89. The van der Waals surface area contributed by atoms with Gasteiger partial charge < -0.3 is 29.1 Å². The largest absolute Gasteiger partial charge is 0.548 e. The standard InChI is InChI=1S/C23H23NO7/c1-4-18(23(27)28)24-20(25)12-30-19-10-9-16-17(11-21(26)31-22(16)13(19)2)14-5-7-15(29-3)8-6-14/h5-11,18H,4,12H2,1-3H3,(H,24,25)(H,27,28)/p-1/t18-/m0/s1. The van der Waals surface area contributed by atoms with Crippen LogP contribution in [0.15, 0.2) is 51.7 Å². The molecule has 1 N–H and O–H groups in total. The fourth-order valence-electron chi connectivity index (χ4n) is 3.22. The summed E-state index contributed by atoms with van der Waals surface area (Å²) in [7, 11) is 1.58. The highest BCUT2D eigenvalue weighted by molar-refractivity contribution is 5.95. The van der Waals surface area contributed by atoms with Crippen molar-refractivity contribution in [2.75, 3.05) is 13.7 Å². The highest BCUT2D eigenvalue weighted by Crippen LogP contribution is 2.33. The third kappa shape index (κ3) is 4.85. The molecule has 0 fully saturated rings. The third-order valence-electron chi connectivity index (χ3n) is 4.90. The van der Waals surface area contributed by atoms with E-state index in [2.05, 4.69) is 5.32 Å². The summed E-state index contributed by atoms with van der Waals surface area (Å²) < 4.78 is 16.1. The van der Waals surface area contributed by atoms with Gasteiger partial charge in [0.1, 0.15) is 17.1 Å². The van der Waals surface area contributed by atoms with Gasteiger partial charge in [0.15, 0.2) is 6.61 Å². The Morgan fingerprint density at radius 3 is 2.48 bits per heavy atom. The van der Waals surface area contributed by atoms with Crippen LogP contribution in [0.3, 0.4) is 0 Å². The van der Waals surface area contributed by atoms with Crippen molar-refractivity contribution in [2.45, 2.75) is 26.3 Å². The molecule has 162 valence electrons. The number of nitrogens with one attached hydrogen (secondary N) is 1. The van der Waals surface area contributed by atoms with Gasteiger partial charge in [0.2, 0.25) is 0 Å². The van der Waals surface area contributed by atoms with E-state index in [0.29, 0.717) is 33.6 Å². The van der Waals surface area contributed by atoms with Gasteiger partial charge in [0.25, 0.3) is 5.91 Å². The maximum Gasteiger partial charge on any atom is 0.336 e. The Bertz CT molecular complexity index is 1160. The van der Waals surface area contributed by atoms with Crippen LogP contribution in [0.1, 0.15) is 18.9 Å². The van der Waals surface area contributed by atoms with Crippen LogP contribution in [0.25, 0.3) is 22.1 Å². The Kier molecular flexibility index (Phi) is 6.59. The van der Waals surface area contributed by atoms with Gasteiger partial charge in [-0.3, -0.25) is 4.79 Å². The van der Waals surface area contributed by atoms with Crippen LogP contribution in [0.4, 0.5) is 0 Å². The lowest BCUT2D eigenvalue weighted by Gasteiger charge is -2.18. The molecule has 8 nitrogen and oxygen atoms in total. The number of hydrogen-bond donors (Lipinski definition) is 1. The van der Waals surface area contributed by atoms with Crippen LogP contribution < -0.4 is 25.5 Å². The zero-order chi connectivity index (χ0) is 22.5. The Morgan fingerprint density at radius 1 is 1.16 bits per heavy atom. The second kappa shape index (κ2) is 9.34. The minimum atomic E-state index is -1.36. The SMILES string of the molecule is CC[C@H](NC(=O)COc1ccc2c(-c3ccc(OC)cc3)cc(=O)oc2c1C)C(=O)[O-]. The van der Waals surface area contributed by atoms with Gasteiger partial charge in [0.05, 0.1) is 19.1 Å². The number of fused-ring (bicyclic) bond motifs is 1. The average Bonchev–Trinajstić information content (AvgIpc) is 2.76. The van der Waals surface area contributed by atoms with Crippen LogP contribution in [0.5, 0.6) is 11.5 Å². The zero-order valence-electron chi connectivity index (χ0n) is 17.4. The molecule has 0 saturated carbocycles. The summed E-state index contributed by atoms with van der Waals surface area (Å²) in [5, 5.41) is 14.0. The number of ether oxygens (including phenoxy) is 2. The molecule has 0 aliphatic heterocycles. The lowest BCUT2D eigenvalue weighted by Crippen LogP contribution is -2.48. The third-order valence-corrected chi connectivity index (χ3v) is 4.90. The Hall–Kier alpha value is -3.81. The molecule has 0 spiro atoms. The summed E-state index contributed by atoms with van der Waals surface area (Å²) >= 11 is 0. The normalized spacial score (nSPS) is 11.7. The van der Waals surface area contributed by atoms with Crippen molar-refractivity contribution in [3.63, 3.8) is 0 Å². The number of amides is 1. The number of carbonyl (C=O) groups is 2. The molecule has 1 aromatic heterocycles. The fraction of sp³-hybridized carbons (Fsp3) is 0.261. The van der Waals surface area contributed by atoms with Crippen LogP contribution in [0, 0.1) is 6.92 Å². The Morgan fingerprint density at radius 2 is 1.87 bits per heavy atom. The van der Waals surface area contributed by atoms with Gasteiger partial charge in [-0.1, -0.05) is 19.1 Å². The van der Waals surface area contributed by atoms with Gasteiger partial charge in [-0.25, -0.2) is 4.79 Å². The molecular weight excluding hydrogens is 402 g/mol. The first-order chi connectivity index (χ1) is 14.8. The van der Waals surface area contributed by atoms with E-state index in [1.807, 2.05) is 12.1 Å². The number of rotatable bonds is 8. The lowest BCUT2D eigenvalue weighted by atomic mass is 10.00. The number of aryl methyl sites for hydroxylation is 1. The van der Waals surface area contributed by atoms with Crippen LogP contribution in [-0.4, -0.2) is 31.6 Å². The molecule has 0 unspecified atom stereocenters. The zero-order valence-corrected chi connectivity index (χ0v) is 17.4. The summed E-state index contributed by atoms with van der Waals surface area (Å²) in [6.45, 7) is 2.95. The number of carboxylic acid groups (broad SMARTS) is 1. The fourth-order valence-corrected chi connectivity index (χ4v) is 3.22. The van der Waals surface area contributed by atoms with Gasteiger partial charge in [-0.2, -0.15) is 0 Å². The van der Waals surface area contributed by atoms with Crippen molar-refractivity contribution < 1.29 is 28.6 Å². The average molecular weight is 424 g/mol. The molecule has 1 atom stereocenters. The first-order valence-electron chi connectivity index (χ1n) is 9.69. The van der Waals surface area contributed by atoms with Crippen LogP contribution in [0.2, 0.25) is 0 Å². The number of benzene rings is 2. The highest BCUT2D eigenvalue weighted by atomic mass is 16.5. The Labute approximate surface area is 178 Å². The maximum atomic E-state index is 12.2. The summed E-state index contributed by atoms with van der Waals surface area (Å²) in [4.78, 5) is 35.1. The van der Waals surface area contributed by atoms with Crippen LogP contribution in [-0.2, 0) is 9.59 Å². The molecule has 1 heterocycles. The van der Waals surface area contributed by atoms with Crippen molar-refractivity contribution in [2.24, 2.45) is 0 Å². The van der Waals surface area contributed by atoms with Gasteiger partial charge in [-0.15, -0.1) is 0 Å². The maximum absolute atomic E-state index is 12.2. The van der Waals surface area contributed by atoms with Crippen molar-refractivity contribution in [3.05, 3.63) is 58.4 Å². The number of carboxylic acids is 1. The quantitative estimate of drug-likeness (QED) is 0.548. The van der Waals surface area contributed by atoms with Crippen molar-refractivity contribution >= 4 is 22.8 Å². The molecule has 0 bridgehead atoms. The minimum Gasteiger partial charge on any atom is -0.548 e. The molecule has 0 saturated heterocycles. The van der Waals surface area contributed by atoms with Gasteiger partial charge in [-0.05, 0) is 48.7 Å². The molecule has 31 heavy (non-hydrogen) atoms. The van der Waals surface area contributed by atoms with Crippen molar-refractivity contribution in [3.8, 4) is 22.6 Å². The monoisotopic (exact) mass is 424 g/mol. The first kappa shape index (κ1) is 21.9. The van der Waals surface area contributed by atoms with Gasteiger partial charge in [0, 0.05) is 17.0 Å². The Balaban J connectivity index is 1.89. The smallest absolute Gasteiger partial charge is 0.336 e. The molecule has 3 aromatic rings. The van der Waals surface area contributed by atoms with E-state index in [1.54, 1.807) is 45.2 Å². The first-order valence-corrected chi connectivity index (χ1v) is 9.69. The lowest BCUT2D eigenvalue weighted by molar-refractivity contribution is -0.308. The molecular formula is C23H22NO7-. The van der Waals surface area contributed by atoms with Gasteiger partial charge >= 0.3 is 5.63 Å². The van der Waals surface area contributed by atoms with Crippen molar-refractivity contribution in [1.29, 1.82) is 0 Å². The summed E-state index contributed by atoms with van der Waals surface area (Å²) in [5.74, 6) is -0.904. The van der Waals surface area contributed by atoms with E-state index in [4.69, 9.17) is 13.9 Å². The molecule has 0 aliphatic rings. The van der Waals surface area contributed by atoms with E-state index in [-0.39, 0.29) is 6.42 Å². The second-order valence-electron chi connectivity index (χ2n) is 6.91. The van der Waals surface area contributed by atoms with E-state index >= 15 is 0 Å². The minimum absolute atomic E-state index is 0.197. The molecule has 2 aromatic carbocycles. The molecule has 8 heteroatoms. The van der Waals surface area contributed by atoms with E-state index in [1.165, 1.54) is 6.07 Å². The number of carbonyl (C=O) groups excluding carboxylic acids is 2. The second-order valence-corrected chi connectivity index (χ2v) is 6.91. The van der Waals surface area contributed by atoms with E-state index in [9.17, 15) is 19.5 Å². The van der Waals surface area contributed by atoms with Crippen LogP contribution >= 0.6 is 0 Å². The molecule has 0 radical (unpaired) electrons. The summed E-state index contributed by atoms with van der Waals surface area (Å²) in [6.07, 6.45) is 0.197. The highest BCUT2D eigenvalue weighted by Gasteiger charge is 2.16. The molecule has 0 aliphatic carbocycles.